The van der Waals surface area contributed by atoms with E-state index in [9.17, 15) is 9.59 Å². The van der Waals surface area contributed by atoms with E-state index in [1.165, 1.54) is 30.9 Å². The number of rotatable bonds is 8. The summed E-state index contributed by atoms with van der Waals surface area (Å²) < 4.78 is 4.62. The second-order valence-electron chi connectivity index (χ2n) is 8.24. The van der Waals surface area contributed by atoms with Crippen LogP contribution in [0.3, 0.4) is 0 Å². The van der Waals surface area contributed by atoms with E-state index in [2.05, 4.69) is 46.0 Å². The largest absolute Gasteiger partial charge is 0.469 e. The Kier molecular flexibility index (Phi) is 7.31. The number of aromatic amines is 1. The van der Waals surface area contributed by atoms with Crippen LogP contribution in [0, 0.1) is 0 Å². The van der Waals surface area contributed by atoms with Crippen LogP contribution in [0.1, 0.15) is 63.9 Å². The standard InChI is InChI=1S/C23H33N3O3/c1-16(2)26-12-10-17(11-13-26)20-15-24-21-9-8-18(14-19(20)21)25-22(27)6-4-5-7-23(28)29-3/h8-9,14-17,24H,4-7,10-13H2,1-3H3,(H,25,27). The van der Waals surface area contributed by atoms with E-state index in [4.69, 9.17) is 0 Å². The van der Waals surface area contributed by atoms with Gasteiger partial charge in [-0.25, -0.2) is 0 Å². The van der Waals surface area contributed by atoms with Crippen LogP contribution in [-0.4, -0.2) is 48.0 Å². The molecule has 3 rings (SSSR count). The van der Waals surface area contributed by atoms with Crippen LogP contribution in [0.2, 0.25) is 0 Å². The lowest BCUT2D eigenvalue weighted by molar-refractivity contribution is -0.140. The lowest BCUT2D eigenvalue weighted by atomic mass is 9.88. The molecule has 0 aliphatic carbocycles. The average Bonchev–Trinajstić information content (AvgIpc) is 3.14. The highest BCUT2D eigenvalue weighted by Crippen LogP contribution is 2.34. The maximum absolute atomic E-state index is 12.2. The van der Waals surface area contributed by atoms with Crippen molar-refractivity contribution >= 4 is 28.5 Å². The molecule has 1 aromatic carbocycles. The molecule has 0 radical (unpaired) electrons. The quantitative estimate of drug-likeness (QED) is 0.509. The number of aromatic nitrogens is 1. The number of hydrogen-bond donors (Lipinski definition) is 2. The number of carbonyl (C=O) groups is 2. The van der Waals surface area contributed by atoms with E-state index in [1.807, 2.05) is 12.1 Å². The molecule has 6 heteroatoms. The summed E-state index contributed by atoms with van der Waals surface area (Å²) in [5.74, 6) is 0.314. The van der Waals surface area contributed by atoms with Crippen molar-refractivity contribution in [2.75, 3.05) is 25.5 Å². The molecule has 1 amide bonds. The van der Waals surface area contributed by atoms with Crippen LogP contribution in [0.4, 0.5) is 5.69 Å². The Hall–Kier alpha value is -2.34. The molecular formula is C23H33N3O3. The first-order chi connectivity index (χ1) is 14.0. The predicted molar refractivity (Wildman–Crippen MR) is 116 cm³/mol. The zero-order chi connectivity index (χ0) is 20.8. The molecule has 2 aromatic rings. The molecule has 0 atom stereocenters. The molecule has 2 N–H and O–H groups in total. The fraction of sp³-hybridized carbons (Fsp3) is 0.565. The van der Waals surface area contributed by atoms with Crippen LogP contribution in [0.15, 0.2) is 24.4 Å². The molecule has 6 nitrogen and oxygen atoms in total. The maximum atomic E-state index is 12.2. The Morgan fingerprint density at radius 1 is 1.21 bits per heavy atom. The predicted octanol–water partition coefficient (Wildman–Crippen LogP) is 4.43. The fourth-order valence-corrected chi connectivity index (χ4v) is 4.17. The number of piperidine rings is 1. The number of hydrogen-bond acceptors (Lipinski definition) is 4. The number of methoxy groups -OCH3 is 1. The van der Waals surface area contributed by atoms with Gasteiger partial charge in [0.25, 0.3) is 0 Å². The Labute approximate surface area is 173 Å². The lowest BCUT2D eigenvalue weighted by Gasteiger charge is -2.34. The van der Waals surface area contributed by atoms with Gasteiger partial charge in [0, 0.05) is 41.7 Å². The van der Waals surface area contributed by atoms with Crippen molar-refractivity contribution in [1.29, 1.82) is 0 Å². The molecule has 0 spiro atoms. The number of fused-ring (bicyclic) bond motifs is 1. The summed E-state index contributed by atoms with van der Waals surface area (Å²) in [6.45, 7) is 6.79. The molecule has 1 aliphatic rings. The topological polar surface area (TPSA) is 74.4 Å². The van der Waals surface area contributed by atoms with Gasteiger partial charge < -0.3 is 19.9 Å². The molecule has 158 valence electrons. The smallest absolute Gasteiger partial charge is 0.305 e. The summed E-state index contributed by atoms with van der Waals surface area (Å²) in [6, 6.07) is 6.67. The van der Waals surface area contributed by atoms with Crippen molar-refractivity contribution in [3.8, 4) is 0 Å². The van der Waals surface area contributed by atoms with Crippen LogP contribution in [0.25, 0.3) is 10.9 Å². The highest BCUT2D eigenvalue weighted by molar-refractivity contribution is 5.94. The third kappa shape index (κ3) is 5.60. The van der Waals surface area contributed by atoms with E-state index < -0.39 is 0 Å². The number of benzene rings is 1. The van der Waals surface area contributed by atoms with E-state index in [0.717, 1.165) is 24.3 Å². The second kappa shape index (κ2) is 9.92. The summed E-state index contributed by atoms with van der Waals surface area (Å²) in [7, 11) is 1.38. The summed E-state index contributed by atoms with van der Waals surface area (Å²) in [5.41, 5.74) is 3.30. The van der Waals surface area contributed by atoms with Crippen molar-refractivity contribution in [2.45, 2.75) is 64.3 Å². The number of carbonyl (C=O) groups excluding carboxylic acids is 2. The van der Waals surface area contributed by atoms with Crippen LogP contribution in [0.5, 0.6) is 0 Å². The molecule has 29 heavy (non-hydrogen) atoms. The minimum absolute atomic E-state index is 0.0171. The summed E-state index contributed by atoms with van der Waals surface area (Å²) >= 11 is 0. The summed E-state index contributed by atoms with van der Waals surface area (Å²) in [5, 5.41) is 4.21. The minimum atomic E-state index is -0.227. The lowest BCUT2D eigenvalue weighted by Crippen LogP contribution is -2.37. The van der Waals surface area contributed by atoms with Crippen LogP contribution >= 0.6 is 0 Å². The van der Waals surface area contributed by atoms with Gasteiger partial charge in [-0.05, 0) is 82.3 Å². The van der Waals surface area contributed by atoms with Gasteiger partial charge in [-0.2, -0.15) is 0 Å². The van der Waals surface area contributed by atoms with E-state index in [1.54, 1.807) is 0 Å². The third-order valence-electron chi connectivity index (χ3n) is 5.96. The molecule has 1 saturated heterocycles. The van der Waals surface area contributed by atoms with Crippen molar-refractivity contribution < 1.29 is 14.3 Å². The number of amides is 1. The van der Waals surface area contributed by atoms with Crippen LogP contribution < -0.4 is 5.32 Å². The van der Waals surface area contributed by atoms with Gasteiger partial charge in [0.05, 0.1) is 7.11 Å². The van der Waals surface area contributed by atoms with Crippen molar-refractivity contribution in [2.24, 2.45) is 0 Å². The Morgan fingerprint density at radius 3 is 2.62 bits per heavy atom. The van der Waals surface area contributed by atoms with E-state index >= 15 is 0 Å². The normalized spacial score (nSPS) is 15.7. The first-order valence-electron chi connectivity index (χ1n) is 10.7. The van der Waals surface area contributed by atoms with Crippen molar-refractivity contribution in [3.63, 3.8) is 0 Å². The molecule has 1 fully saturated rings. The van der Waals surface area contributed by atoms with Crippen molar-refractivity contribution in [1.82, 2.24) is 9.88 Å². The number of H-pyrrole nitrogens is 1. The summed E-state index contributed by atoms with van der Waals surface area (Å²) in [6.07, 6.45) is 6.58. The highest BCUT2D eigenvalue weighted by atomic mass is 16.5. The average molecular weight is 400 g/mol. The monoisotopic (exact) mass is 399 g/mol. The van der Waals surface area contributed by atoms with Gasteiger partial charge in [0.2, 0.25) is 5.91 Å². The number of unbranched alkanes of at least 4 members (excludes halogenated alkanes) is 1. The highest BCUT2D eigenvalue weighted by Gasteiger charge is 2.24. The van der Waals surface area contributed by atoms with Gasteiger partial charge in [0.15, 0.2) is 0 Å². The van der Waals surface area contributed by atoms with Gasteiger partial charge >= 0.3 is 5.97 Å². The first-order valence-corrected chi connectivity index (χ1v) is 10.7. The number of nitrogens with zero attached hydrogens (tertiary/aromatic N) is 1. The SMILES string of the molecule is COC(=O)CCCCC(=O)Nc1ccc2[nH]cc(C3CCN(C(C)C)CC3)c2c1. The second-order valence-corrected chi connectivity index (χ2v) is 8.24. The van der Waals surface area contributed by atoms with Gasteiger partial charge in [0.1, 0.15) is 0 Å². The first kappa shape index (κ1) is 21.4. The number of ether oxygens (including phenoxy) is 1. The fourth-order valence-electron chi connectivity index (χ4n) is 4.17. The van der Waals surface area contributed by atoms with Gasteiger partial charge in [-0.3, -0.25) is 9.59 Å². The van der Waals surface area contributed by atoms with Gasteiger partial charge in [-0.1, -0.05) is 0 Å². The zero-order valence-corrected chi connectivity index (χ0v) is 17.8. The van der Waals surface area contributed by atoms with E-state index in [-0.39, 0.29) is 11.9 Å². The van der Waals surface area contributed by atoms with E-state index in [0.29, 0.717) is 37.6 Å². The van der Waals surface area contributed by atoms with Crippen LogP contribution in [-0.2, 0) is 14.3 Å². The summed E-state index contributed by atoms with van der Waals surface area (Å²) in [4.78, 5) is 29.3. The number of likely N-dealkylation sites (tertiary alicyclic amines) is 1. The third-order valence-corrected chi connectivity index (χ3v) is 5.96. The molecule has 2 heterocycles. The molecule has 0 saturated carbocycles. The Balaban J connectivity index is 1.59. The number of nitrogens with one attached hydrogen (secondary N) is 2. The Bertz CT molecular complexity index is 835. The van der Waals surface area contributed by atoms with Gasteiger partial charge in [-0.15, -0.1) is 0 Å². The van der Waals surface area contributed by atoms with Crippen molar-refractivity contribution in [3.05, 3.63) is 30.0 Å². The molecule has 0 unspecified atom stereocenters. The number of esters is 1. The molecule has 1 aromatic heterocycles. The number of anilines is 1. The zero-order valence-electron chi connectivity index (χ0n) is 17.8. The minimum Gasteiger partial charge on any atom is -0.469 e. The molecule has 1 aliphatic heterocycles. The Morgan fingerprint density at radius 2 is 1.93 bits per heavy atom. The maximum Gasteiger partial charge on any atom is 0.305 e. The molecular weight excluding hydrogens is 366 g/mol. The molecule has 0 bridgehead atoms.